The number of benzene rings is 1. The van der Waals surface area contributed by atoms with Crippen LogP contribution in [-0.4, -0.2) is 14.7 Å². The highest BCUT2D eigenvalue weighted by atomic mass is 19.1. The summed E-state index contributed by atoms with van der Waals surface area (Å²) in [5.41, 5.74) is 3.75. The molecule has 0 amide bonds. The maximum atomic E-state index is 14.0. The van der Waals surface area contributed by atoms with Gasteiger partial charge in [-0.3, -0.25) is 10.1 Å². The molecular weight excluding hydrogens is 241 g/mol. The lowest BCUT2D eigenvalue weighted by Gasteiger charge is -2.07. The molecule has 2 aromatic rings. The Morgan fingerprint density at radius 1 is 1.61 bits per heavy atom. The molecule has 0 aliphatic rings. The topological polar surface area (TPSA) is 111 Å². The zero-order valence-corrected chi connectivity index (χ0v) is 8.87. The molecule has 0 unspecified atom stereocenters. The van der Waals surface area contributed by atoms with E-state index in [4.69, 9.17) is 11.0 Å². The van der Waals surface area contributed by atoms with Crippen LogP contribution in [0.1, 0.15) is 5.56 Å². The maximum absolute atomic E-state index is 14.0. The minimum atomic E-state index is -1.03. The molecule has 2 N–H and O–H groups in total. The summed E-state index contributed by atoms with van der Waals surface area (Å²) in [6.45, 7) is 0. The number of anilines is 1. The van der Waals surface area contributed by atoms with Crippen LogP contribution in [0, 0.1) is 27.3 Å². The minimum absolute atomic E-state index is 0.288. The standard InChI is InChI=1S/C10H6FN5O2/c11-8-6(5-12)4-7(13)9(16(17)18)10(8)15-3-1-2-14-15/h1-4H,13H2. The summed E-state index contributed by atoms with van der Waals surface area (Å²) in [7, 11) is 0. The average Bonchev–Trinajstić information content (AvgIpc) is 2.83. The first-order chi connectivity index (χ1) is 8.56. The number of nitriles is 1. The molecule has 1 aromatic heterocycles. The molecule has 7 nitrogen and oxygen atoms in total. The van der Waals surface area contributed by atoms with Crippen molar-refractivity contribution in [3.63, 3.8) is 0 Å². The molecule has 0 aliphatic carbocycles. The molecule has 0 radical (unpaired) electrons. The van der Waals surface area contributed by atoms with E-state index in [1.807, 2.05) is 0 Å². The molecule has 90 valence electrons. The maximum Gasteiger partial charge on any atom is 0.320 e. The van der Waals surface area contributed by atoms with Gasteiger partial charge in [-0.2, -0.15) is 10.4 Å². The van der Waals surface area contributed by atoms with Crippen LogP contribution < -0.4 is 5.73 Å². The number of nitro benzene ring substituents is 1. The molecule has 0 atom stereocenters. The third kappa shape index (κ3) is 1.63. The Labute approximate surface area is 100 Å². The zero-order chi connectivity index (χ0) is 13.3. The normalized spacial score (nSPS) is 10.0. The van der Waals surface area contributed by atoms with Crippen molar-refractivity contribution < 1.29 is 9.31 Å². The number of halogens is 1. The fourth-order valence-corrected chi connectivity index (χ4v) is 1.54. The molecular formula is C10H6FN5O2. The van der Waals surface area contributed by atoms with Gasteiger partial charge < -0.3 is 5.73 Å². The zero-order valence-electron chi connectivity index (χ0n) is 8.87. The van der Waals surface area contributed by atoms with Crippen LogP contribution >= 0.6 is 0 Å². The fraction of sp³-hybridized carbons (Fsp3) is 0. The Morgan fingerprint density at radius 3 is 2.83 bits per heavy atom. The van der Waals surface area contributed by atoms with Crippen molar-refractivity contribution in [1.82, 2.24) is 9.78 Å². The fourth-order valence-electron chi connectivity index (χ4n) is 1.54. The Kier molecular flexibility index (Phi) is 2.65. The number of hydrogen-bond acceptors (Lipinski definition) is 5. The van der Waals surface area contributed by atoms with Gasteiger partial charge in [0.15, 0.2) is 11.5 Å². The first kappa shape index (κ1) is 11.5. The number of rotatable bonds is 2. The van der Waals surface area contributed by atoms with Gasteiger partial charge >= 0.3 is 5.69 Å². The van der Waals surface area contributed by atoms with Crippen molar-refractivity contribution in [3.8, 4) is 11.8 Å². The number of nitro groups is 1. The first-order valence-electron chi connectivity index (χ1n) is 4.72. The third-order valence-corrected chi connectivity index (χ3v) is 2.28. The quantitative estimate of drug-likeness (QED) is 0.489. The predicted octanol–water partition coefficient (Wildman–Crippen LogP) is 1.37. The van der Waals surface area contributed by atoms with E-state index in [0.717, 1.165) is 10.7 Å². The molecule has 0 saturated carbocycles. The minimum Gasteiger partial charge on any atom is -0.393 e. The SMILES string of the molecule is N#Cc1cc(N)c([N+](=O)[O-])c(-n2cccn2)c1F. The molecule has 0 aliphatic heterocycles. The van der Waals surface area contributed by atoms with Gasteiger partial charge in [-0.15, -0.1) is 0 Å². The van der Waals surface area contributed by atoms with Gasteiger partial charge in [0.25, 0.3) is 0 Å². The second-order valence-corrected chi connectivity index (χ2v) is 3.34. The summed E-state index contributed by atoms with van der Waals surface area (Å²) < 4.78 is 15.0. The van der Waals surface area contributed by atoms with Crippen LogP contribution in [0.5, 0.6) is 0 Å². The van der Waals surface area contributed by atoms with Crippen LogP contribution in [0.3, 0.4) is 0 Å². The van der Waals surface area contributed by atoms with E-state index in [2.05, 4.69) is 5.10 Å². The van der Waals surface area contributed by atoms with Gasteiger partial charge in [0, 0.05) is 12.4 Å². The van der Waals surface area contributed by atoms with E-state index in [1.165, 1.54) is 18.5 Å². The van der Waals surface area contributed by atoms with Crippen molar-refractivity contribution in [2.75, 3.05) is 5.73 Å². The Hall–Kier alpha value is -2.95. The summed E-state index contributed by atoms with van der Waals surface area (Å²) in [4.78, 5) is 10.1. The van der Waals surface area contributed by atoms with Gasteiger partial charge in [-0.05, 0) is 12.1 Å². The second kappa shape index (κ2) is 4.14. The van der Waals surface area contributed by atoms with Crippen LogP contribution in [0.4, 0.5) is 15.8 Å². The van der Waals surface area contributed by atoms with Crippen molar-refractivity contribution in [2.24, 2.45) is 0 Å². The predicted molar refractivity (Wildman–Crippen MR) is 59.3 cm³/mol. The van der Waals surface area contributed by atoms with E-state index >= 15 is 0 Å². The number of nitrogen functional groups attached to an aromatic ring is 1. The van der Waals surface area contributed by atoms with Gasteiger partial charge in [-0.25, -0.2) is 9.07 Å². The van der Waals surface area contributed by atoms with Crippen molar-refractivity contribution in [1.29, 1.82) is 5.26 Å². The lowest BCUT2D eigenvalue weighted by atomic mass is 10.1. The highest BCUT2D eigenvalue weighted by Gasteiger charge is 2.27. The molecule has 0 spiro atoms. The smallest absolute Gasteiger partial charge is 0.320 e. The highest BCUT2D eigenvalue weighted by molar-refractivity contribution is 5.72. The van der Waals surface area contributed by atoms with Crippen molar-refractivity contribution in [3.05, 3.63) is 46.0 Å². The van der Waals surface area contributed by atoms with E-state index in [9.17, 15) is 14.5 Å². The lowest BCUT2D eigenvalue weighted by molar-refractivity contribution is -0.383. The number of aromatic nitrogens is 2. The summed E-state index contributed by atoms with van der Waals surface area (Å²) in [5.74, 6) is -1.03. The Morgan fingerprint density at radius 2 is 2.33 bits per heavy atom. The van der Waals surface area contributed by atoms with Gasteiger partial charge in [-0.1, -0.05) is 0 Å². The summed E-state index contributed by atoms with van der Waals surface area (Å²) in [5, 5.41) is 23.4. The average molecular weight is 247 g/mol. The number of hydrogen-bond donors (Lipinski definition) is 1. The lowest BCUT2D eigenvalue weighted by Crippen LogP contribution is -2.08. The van der Waals surface area contributed by atoms with E-state index in [-0.39, 0.29) is 11.3 Å². The molecule has 1 heterocycles. The van der Waals surface area contributed by atoms with Crippen molar-refractivity contribution in [2.45, 2.75) is 0 Å². The summed E-state index contributed by atoms with van der Waals surface area (Å²) in [6.07, 6.45) is 2.66. The molecule has 18 heavy (non-hydrogen) atoms. The van der Waals surface area contributed by atoms with E-state index < -0.39 is 22.1 Å². The van der Waals surface area contributed by atoms with E-state index in [1.54, 1.807) is 6.07 Å². The monoisotopic (exact) mass is 247 g/mol. The molecule has 0 bridgehead atoms. The van der Waals surface area contributed by atoms with E-state index in [0.29, 0.717) is 0 Å². The highest BCUT2D eigenvalue weighted by Crippen LogP contribution is 2.33. The summed E-state index contributed by atoms with van der Waals surface area (Å²) >= 11 is 0. The molecule has 0 fully saturated rings. The van der Waals surface area contributed by atoms with Gasteiger partial charge in [0.05, 0.1) is 10.5 Å². The Bertz CT molecular complexity index is 660. The second-order valence-electron chi connectivity index (χ2n) is 3.34. The molecule has 0 saturated heterocycles. The molecule has 8 heteroatoms. The van der Waals surface area contributed by atoms with Crippen LogP contribution in [0.2, 0.25) is 0 Å². The molecule has 1 aromatic carbocycles. The molecule has 2 rings (SSSR count). The summed E-state index contributed by atoms with van der Waals surface area (Å²) in [6, 6.07) is 3.99. The number of nitrogens with two attached hydrogens (primary N) is 1. The third-order valence-electron chi connectivity index (χ3n) is 2.28. The van der Waals surface area contributed by atoms with Gasteiger partial charge in [0.1, 0.15) is 11.8 Å². The van der Waals surface area contributed by atoms with Crippen molar-refractivity contribution >= 4 is 11.4 Å². The Balaban J connectivity index is 2.88. The number of nitrogens with zero attached hydrogens (tertiary/aromatic N) is 4. The first-order valence-corrected chi connectivity index (χ1v) is 4.72. The van der Waals surface area contributed by atoms with Gasteiger partial charge in [0.2, 0.25) is 0 Å². The van der Waals surface area contributed by atoms with Crippen LogP contribution in [-0.2, 0) is 0 Å². The van der Waals surface area contributed by atoms with Crippen LogP contribution in [0.25, 0.3) is 5.69 Å². The van der Waals surface area contributed by atoms with Crippen LogP contribution in [0.15, 0.2) is 24.5 Å². The largest absolute Gasteiger partial charge is 0.393 e.